The molecule has 0 saturated carbocycles. The lowest BCUT2D eigenvalue weighted by atomic mass is 9.79. The van der Waals surface area contributed by atoms with Gasteiger partial charge in [-0.15, -0.1) is 0 Å². The van der Waals surface area contributed by atoms with E-state index in [1.54, 1.807) is 7.05 Å². The maximum absolute atomic E-state index is 13.4. The third kappa shape index (κ3) is 2.77. The van der Waals surface area contributed by atoms with Gasteiger partial charge in [0.1, 0.15) is 11.9 Å². The first-order chi connectivity index (χ1) is 14.5. The lowest BCUT2D eigenvalue weighted by Gasteiger charge is -2.37. The average molecular weight is 397 g/mol. The predicted octanol–water partition coefficient (Wildman–Crippen LogP) is 4.17. The van der Waals surface area contributed by atoms with E-state index in [-0.39, 0.29) is 18.0 Å². The molecule has 0 aliphatic carbocycles. The van der Waals surface area contributed by atoms with Gasteiger partial charge in [-0.05, 0) is 35.7 Å². The zero-order valence-electron chi connectivity index (χ0n) is 17.0. The number of nitrogens with two attached hydrogens (primary N) is 1. The van der Waals surface area contributed by atoms with Crippen molar-refractivity contribution in [2.75, 3.05) is 7.05 Å². The number of likely N-dealkylation sites (N-methyl/N-ethyl adjacent to an activating group) is 1. The number of aliphatic imine (C=N–C) groups is 1. The lowest BCUT2D eigenvalue weighted by molar-refractivity contribution is -0.132. The van der Waals surface area contributed by atoms with Gasteiger partial charge in [-0.3, -0.25) is 9.69 Å². The van der Waals surface area contributed by atoms with Crippen LogP contribution in [-0.4, -0.2) is 23.8 Å². The van der Waals surface area contributed by atoms with E-state index in [1.807, 2.05) is 54.6 Å². The van der Waals surface area contributed by atoms with Crippen LogP contribution >= 0.6 is 0 Å². The number of aryl methyl sites for hydroxylation is 1. The molecule has 3 aromatic rings. The van der Waals surface area contributed by atoms with Crippen molar-refractivity contribution in [2.24, 2.45) is 10.7 Å². The van der Waals surface area contributed by atoms with Gasteiger partial charge in [-0.25, -0.2) is 4.99 Å². The maximum atomic E-state index is 13.4. The number of guanidine groups is 1. The number of amides is 1. The highest BCUT2D eigenvalue weighted by atomic mass is 16.5. The van der Waals surface area contributed by atoms with E-state index in [4.69, 9.17) is 15.5 Å². The number of nitrogens with zero attached hydrogens (tertiary/aromatic N) is 2. The van der Waals surface area contributed by atoms with Crippen LogP contribution in [0.4, 0.5) is 0 Å². The number of benzene rings is 3. The Morgan fingerprint density at radius 3 is 2.50 bits per heavy atom. The van der Waals surface area contributed by atoms with E-state index in [2.05, 4.69) is 25.1 Å². The molecule has 0 radical (unpaired) electrons. The van der Waals surface area contributed by atoms with Gasteiger partial charge in [0.15, 0.2) is 11.5 Å². The third-order valence-electron chi connectivity index (χ3n) is 6.01. The topological polar surface area (TPSA) is 67.9 Å². The zero-order chi connectivity index (χ0) is 20.9. The van der Waals surface area contributed by atoms with E-state index in [1.165, 1.54) is 10.5 Å². The first-order valence-electron chi connectivity index (χ1n) is 10.0. The van der Waals surface area contributed by atoms with Gasteiger partial charge in [0.25, 0.3) is 5.91 Å². The van der Waals surface area contributed by atoms with Crippen molar-refractivity contribution in [2.45, 2.75) is 25.0 Å². The molecule has 5 heteroatoms. The normalized spacial score (nSPS) is 22.6. The summed E-state index contributed by atoms with van der Waals surface area (Å²) in [6, 6.07) is 24.2. The monoisotopic (exact) mass is 397 g/mol. The summed E-state index contributed by atoms with van der Waals surface area (Å²) in [5, 5.41) is 0. The molecule has 2 N–H and O–H groups in total. The Kier molecular flexibility index (Phi) is 4.13. The first kappa shape index (κ1) is 18.4. The summed E-state index contributed by atoms with van der Waals surface area (Å²) in [6.45, 7) is 2.07. The van der Waals surface area contributed by atoms with Gasteiger partial charge >= 0.3 is 0 Å². The molecule has 2 unspecified atom stereocenters. The Balaban J connectivity index is 1.68. The minimum absolute atomic E-state index is 0.119. The van der Waals surface area contributed by atoms with Crippen LogP contribution in [0, 0.1) is 6.92 Å². The number of carbonyl (C=O) groups is 1. The predicted molar refractivity (Wildman–Crippen MR) is 117 cm³/mol. The number of carbonyl (C=O) groups excluding carboxylic acids is 1. The molecule has 150 valence electrons. The summed E-state index contributed by atoms with van der Waals surface area (Å²) in [7, 11) is 1.67. The van der Waals surface area contributed by atoms with E-state index >= 15 is 0 Å². The summed E-state index contributed by atoms with van der Waals surface area (Å²) in [5.74, 6) is 0.791. The van der Waals surface area contributed by atoms with Crippen LogP contribution in [0.25, 0.3) is 11.1 Å². The summed E-state index contributed by atoms with van der Waals surface area (Å²) in [5.41, 5.74) is 10.1. The molecule has 3 aromatic carbocycles. The Morgan fingerprint density at radius 1 is 1.03 bits per heavy atom. The second-order valence-corrected chi connectivity index (χ2v) is 8.00. The van der Waals surface area contributed by atoms with Crippen LogP contribution < -0.4 is 10.5 Å². The number of hydrogen-bond acceptors (Lipinski definition) is 4. The first-order valence-corrected chi connectivity index (χ1v) is 10.0. The lowest BCUT2D eigenvalue weighted by Crippen LogP contribution is -2.43. The van der Waals surface area contributed by atoms with Gasteiger partial charge in [-0.2, -0.15) is 0 Å². The number of ether oxygens (including phenoxy) is 1. The van der Waals surface area contributed by atoms with Crippen LogP contribution in [0.15, 0.2) is 77.8 Å². The highest BCUT2D eigenvalue weighted by Crippen LogP contribution is 2.50. The van der Waals surface area contributed by atoms with Gasteiger partial charge in [0.2, 0.25) is 0 Å². The third-order valence-corrected chi connectivity index (χ3v) is 6.01. The Morgan fingerprint density at radius 2 is 1.80 bits per heavy atom. The van der Waals surface area contributed by atoms with Crippen LogP contribution in [0.5, 0.6) is 5.75 Å². The fraction of sp³-hybridized carbons (Fsp3) is 0.200. The highest BCUT2D eigenvalue weighted by Gasteiger charge is 2.53. The highest BCUT2D eigenvalue weighted by molar-refractivity contribution is 6.07. The molecule has 0 bridgehead atoms. The molecule has 2 aliphatic rings. The molecular formula is C25H23N3O2. The quantitative estimate of drug-likeness (QED) is 0.706. The zero-order valence-corrected chi connectivity index (χ0v) is 17.0. The molecule has 0 aromatic heterocycles. The minimum atomic E-state index is -1.08. The molecule has 0 saturated heterocycles. The molecule has 5 rings (SSSR count). The number of rotatable bonds is 2. The fourth-order valence-electron chi connectivity index (χ4n) is 4.40. The van der Waals surface area contributed by atoms with Crippen LogP contribution in [0.2, 0.25) is 0 Å². The molecule has 1 amide bonds. The Hall–Kier alpha value is -3.60. The fourth-order valence-corrected chi connectivity index (χ4v) is 4.40. The summed E-state index contributed by atoms with van der Waals surface area (Å²) in [4.78, 5) is 19.6. The minimum Gasteiger partial charge on any atom is -0.485 e. The molecule has 5 nitrogen and oxygen atoms in total. The number of hydrogen-bond donors (Lipinski definition) is 1. The van der Waals surface area contributed by atoms with Gasteiger partial charge in [-0.1, -0.05) is 66.2 Å². The van der Waals surface area contributed by atoms with Gasteiger partial charge in [0, 0.05) is 19.0 Å². The average Bonchev–Trinajstić information content (AvgIpc) is 2.98. The summed E-state index contributed by atoms with van der Waals surface area (Å²) in [6.07, 6.45) is 0.126. The van der Waals surface area contributed by atoms with Crippen LogP contribution in [0.1, 0.15) is 29.2 Å². The van der Waals surface area contributed by atoms with Crippen molar-refractivity contribution in [3.63, 3.8) is 0 Å². The van der Waals surface area contributed by atoms with E-state index < -0.39 is 5.54 Å². The van der Waals surface area contributed by atoms with E-state index in [9.17, 15) is 4.79 Å². The Labute approximate surface area is 175 Å². The molecule has 30 heavy (non-hydrogen) atoms. The molecule has 0 fully saturated rings. The number of fused-ring (bicyclic) bond motifs is 2. The second-order valence-electron chi connectivity index (χ2n) is 8.00. The standard InChI is InChI=1S/C25H23N3O2/c1-16-7-6-10-18(13-16)19-11-12-21-20(14-19)25(23(29)28(2)24(26)27-25)15-22(30-21)17-8-4-3-5-9-17/h3-14,22H,15H2,1-2H3,(H2,26,27). The van der Waals surface area contributed by atoms with E-state index in [0.717, 1.165) is 22.3 Å². The molecular weight excluding hydrogens is 374 g/mol. The van der Waals surface area contributed by atoms with Gasteiger partial charge < -0.3 is 10.5 Å². The maximum Gasteiger partial charge on any atom is 0.261 e. The Bertz CT molecular complexity index is 1170. The van der Waals surface area contributed by atoms with Crippen LogP contribution in [-0.2, 0) is 10.3 Å². The molecule has 2 aliphatic heterocycles. The summed E-state index contributed by atoms with van der Waals surface area (Å²) >= 11 is 0. The van der Waals surface area contributed by atoms with E-state index in [0.29, 0.717) is 12.2 Å². The van der Waals surface area contributed by atoms with Crippen LogP contribution in [0.3, 0.4) is 0 Å². The van der Waals surface area contributed by atoms with Crippen molar-refractivity contribution >= 4 is 11.9 Å². The second kappa shape index (κ2) is 6.73. The summed E-state index contributed by atoms with van der Waals surface area (Å²) < 4.78 is 6.36. The van der Waals surface area contributed by atoms with Crippen molar-refractivity contribution in [3.8, 4) is 16.9 Å². The smallest absolute Gasteiger partial charge is 0.261 e. The SMILES string of the molecule is Cc1cccc(-c2ccc3c(c2)C2(CC(c4ccccc4)O3)N=C(N)N(C)C2=O)c1. The molecule has 2 atom stereocenters. The largest absolute Gasteiger partial charge is 0.485 e. The van der Waals surface area contributed by atoms with Crippen molar-refractivity contribution in [3.05, 3.63) is 89.5 Å². The molecule has 2 heterocycles. The van der Waals surface area contributed by atoms with Crippen molar-refractivity contribution in [1.29, 1.82) is 0 Å². The van der Waals surface area contributed by atoms with Crippen molar-refractivity contribution in [1.82, 2.24) is 4.90 Å². The van der Waals surface area contributed by atoms with Crippen molar-refractivity contribution < 1.29 is 9.53 Å². The van der Waals surface area contributed by atoms with Gasteiger partial charge in [0.05, 0.1) is 0 Å². The molecule has 1 spiro atoms.